The van der Waals surface area contributed by atoms with Gasteiger partial charge in [0.15, 0.2) is 5.79 Å². The molecule has 1 N–H and O–H groups in total. The van der Waals surface area contributed by atoms with Gasteiger partial charge < -0.3 is 9.84 Å². The fourth-order valence-electron chi connectivity index (χ4n) is 0. The number of methoxy groups -OCH3 is 1. The van der Waals surface area contributed by atoms with Gasteiger partial charge in [-0.1, -0.05) is 0 Å². The fourth-order valence-corrected chi connectivity index (χ4v) is 0. The molecule has 0 aromatic rings. The third kappa shape index (κ3) is 10.8. The van der Waals surface area contributed by atoms with Crippen LogP contribution in [0, 0.1) is 0 Å². The average molecular weight is 274 g/mol. The first kappa shape index (κ1) is 10.6. The molecule has 7 heavy (non-hydrogen) atoms. The Kier molecular flexibility index (Phi) is 5.42. The largest absolute Gasteiger partial charge is 0.366 e. The van der Waals surface area contributed by atoms with Crippen molar-refractivity contribution in [3.8, 4) is 0 Å². The summed E-state index contributed by atoms with van der Waals surface area (Å²) in [6.45, 7) is 3.15. The minimum atomic E-state index is -0.958. The molecule has 0 aliphatic heterocycles. The van der Waals surface area contributed by atoms with E-state index in [-0.39, 0.29) is 21.1 Å². The molecule has 0 saturated heterocycles. The zero-order valence-electron chi connectivity index (χ0n) is 4.76. The Morgan fingerprint density at radius 1 is 1.43 bits per heavy atom. The predicted molar refractivity (Wildman–Crippen MR) is 23.3 cm³/mol. The van der Waals surface area contributed by atoms with Crippen molar-refractivity contribution in [1.29, 1.82) is 0 Å². The van der Waals surface area contributed by atoms with Crippen LogP contribution in [0.4, 0.5) is 0 Å². The first-order chi connectivity index (χ1) is 2.56. The van der Waals surface area contributed by atoms with Gasteiger partial charge in [-0.05, 0) is 13.8 Å². The van der Waals surface area contributed by atoms with Gasteiger partial charge in [0.25, 0.3) is 0 Å². The smallest absolute Gasteiger partial charge is 0.159 e. The molecule has 44 valence electrons. The maximum atomic E-state index is 8.60. The molecular weight excluding hydrogens is 264 g/mol. The van der Waals surface area contributed by atoms with Crippen LogP contribution in [0.2, 0.25) is 0 Å². The molecule has 2 nitrogen and oxygen atoms in total. The maximum Gasteiger partial charge on any atom is 0.159 e. The third-order valence-corrected chi connectivity index (χ3v) is 0.500. The number of hydrogen-bond donors (Lipinski definition) is 1. The zero-order valence-corrected chi connectivity index (χ0v) is 7.70. The van der Waals surface area contributed by atoms with E-state index in [2.05, 4.69) is 4.74 Å². The Bertz CT molecular complexity index is 39.4. The van der Waals surface area contributed by atoms with Crippen molar-refractivity contribution in [2.45, 2.75) is 19.6 Å². The van der Waals surface area contributed by atoms with E-state index in [1.807, 2.05) is 0 Å². The van der Waals surface area contributed by atoms with Gasteiger partial charge in [0.2, 0.25) is 0 Å². The van der Waals surface area contributed by atoms with Crippen LogP contribution >= 0.6 is 0 Å². The van der Waals surface area contributed by atoms with Gasteiger partial charge in [-0.25, -0.2) is 0 Å². The van der Waals surface area contributed by atoms with E-state index in [4.69, 9.17) is 5.11 Å². The number of hydrogen-bond acceptors (Lipinski definition) is 2. The second kappa shape index (κ2) is 3.59. The van der Waals surface area contributed by atoms with Crippen LogP contribution in [0.3, 0.4) is 0 Å². The Labute approximate surface area is 58.1 Å². The van der Waals surface area contributed by atoms with E-state index in [0.717, 1.165) is 0 Å². The molecule has 0 aromatic heterocycles. The van der Waals surface area contributed by atoms with Crippen LogP contribution in [-0.4, -0.2) is 18.0 Å². The van der Waals surface area contributed by atoms with Gasteiger partial charge in [-0.15, -0.1) is 0 Å². The van der Waals surface area contributed by atoms with E-state index in [1.54, 1.807) is 13.8 Å². The quantitative estimate of drug-likeness (QED) is 0.699. The summed E-state index contributed by atoms with van der Waals surface area (Å²) in [4.78, 5) is 0. The second-order valence-corrected chi connectivity index (χ2v) is 1.65. The molecule has 0 spiro atoms. The van der Waals surface area contributed by atoms with Crippen LogP contribution in [0.1, 0.15) is 13.8 Å². The monoisotopic (exact) mass is 274 g/mol. The molecule has 0 aliphatic carbocycles. The SMILES string of the molecule is COC(C)(C)O.[W]. The van der Waals surface area contributed by atoms with E-state index in [1.165, 1.54) is 7.11 Å². The molecule has 0 atom stereocenters. The summed E-state index contributed by atoms with van der Waals surface area (Å²) in [6.07, 6.45) is 0. The van der Waals surface area contributed by atoms with Crippen LogP contribution in [0.25, 0.3) is 0 Å². The summed E-state index contributed by atoms with van der Waals surface area (Å²) in [5.41, 5.74) is 0. The summed E-state index contributed by atoms with van der Waals surface area (Å²) in [5.74, 6) is -0.958. The van der Waals surface area contributed by atoms with Crippen molar-refractivity contribution in [1.82, 2.24) is 0 Å². The number of aliphatic hydroxyl groups is 1. The van der Waals surface area contributed by atoms with Crippen LogP contribution in [-0.2, 0) is 25.8 Å². The topological polar surface area (TPSA) is 29.5 Å². The second-order valence-electron chi connectivity index (χ2n) is 1.65. The first-order valence-corrected chi connectivity index (χ1v) is 1.84. The van der Waals surface area contributed by atoms with Gasteiger partial charge in [0.1, 0.15) is 0 Å². The van der Waals surface area contributed by atoms with E-state index < -0.39 is 5.79 Å². The van der Waals surface area contributed by atoms with Gasteiger partial charge in [-0.3, -0.25) is 0 Å². The van der Waals surface area contributed by atoms with Crippen molar-refractivity contribution in [2.24, 2.45) is 0 Å². The molecule has 0 fully saturated rings. The van der Waals surface area contributed by atoms with Gasteiger partial charge in [0, 0.05) is 28.2 Å². The Hall–Kier alpha value is 0.608. The molecule has 0 saturated carbocycles. The Balaban J connectivity index is 0. The van der Waals surface area contributed by atoms with Crippen molar-refractivity contribution in [2.75, 3.05) is 7.11 Å². The minimum Gasteiger partial charge on any atom is -0.366 e. The molecule has 0 bridgehead atoms. The molecule has 0 aromatic carbocycles. The van der Waals surface area contributed by atoms with Crippen LogP contribution < -0.4 is 0 Å². The van der Waals surface area contributed by atoms with Crippen molar-refractivity contribution < 1.29 is 30.9 Å². The molecule has 0 heterocycles. The molecule has 0 aliphatic rings. The predicted octanol–water partition coefficient (Wildman–Crippen LogP) is 0.359. The number of ether oxygens (including phenoxy) is 1. The van der Waals surface area contributed by atoms with E-state index >= 15 is 0 Å². The van der Waals surface area contributed by atoms with Gasteiger partial charge >= 0.3 is 0 Å². The van der Waals surface area contributed by atoms with Crippen LogP contribution in [0.5, 0.6) is 0 Å². The van der Waals surface area contributed by atoms with E-state index in [0.29, 0.717) is 0 Å². The third-order valence-electron chi connectivity index (χ3n) is 0.500. The number of rotatable bonds is 1. The summed E-state index contributed by atoms with van der Waals surface area (Å²) < 4.78 is 4.49. The van der Waals surface area contributed by atoms with Crippen LogP contribution in [0.15, 0.2) is 0 Å². The first-order valence-electron chi connectivity index (χ1n) is 1.84. The zero-order chi connectivity index (χ0) is 5.21. The molecule has 0 amide bonds. The maximum absolute atomic E-state index is 8.60. The molecule has 0 radical (unpaired) electrons. The van der Waals surface area contributed by atoms with Crippen molar-refractivity contribution in [3.63, 3.8) is 0 Å². The standard InChI is InChI=1S/C4H10O2.W/c1-4(2,5)6-3;/h5H,1-3H3;. The molecule has 0 rings (SSSR count). The van der Waals surface area contributed by atoms with Gasteiger partial charge in [-0.2, -0.15) is 0 Å². The summed E-state index contributed by atoms with van der Waals surface area (Å²) in [5, 5.41) is 8.60. The molecule has 0 unspecified atom stereocenters. The van der Waals surface area contributed by atoms with Gasteiger partial charge in [0.05, 0.1) is 0 Å². The minimum absolute atomic E-state index is 0. The summed E-state index contributed by atoms with van der Waals surface area (Å²) in [7, 11) is 1.46. The summed E-state index contributed by atoms with van der Waals surface area (Å²) in [6, 6.07) is 0. The average Bonchev–Trinajstić information content (AvgIpc) is 1.35. The molecule has 3 heteroatoms. The Morgan fingerprint density at radius 2 is 1.57 bits per heavy atom. The molecular formula is C4H10O2W. The summed E-state index contributed by atoms with van der Waals surface area (Å²) >= 11 is 0. The fraction of sp³-hybridized carbons (Fsp3) is 1.00. The van der Waals surface area contributed by atoms with Crippen molar-refractivity contribution >= 4 is 0 Å². The van der Waals surface area contributed by atoms with E-state index in [9.17, 15) is 0 Å². The normalized spacial score (nSPS) is 10.3. The van der Waals surface area contributed by atoms with Crippen molar-refractivity contribution in [3.05, 3.63) is 0 Å². The Morgan fingerprint density at radius 3 is 1.57 bits per heavy atom.